The zero-order chi connectivity index (χ0) is 14.8. The molecule has 0 saturated carbocycles. The molecule has 0 saturated heterocycles. The van der Waals surface area contributed by atoms with Gasteiger partial charge < -0.3 is 4.98 Å². The summed E-state index contributed by atoms with van der Waals surface area (Å²) in [5, 5.41) is 0.788. The highest BCUT2D eigenvalue weighted by Gasteiger charge is 2.09. The number of imidazole rings is 1. The van der Waals surface area contributed by atoms with Crippen molar-refractivity contribution in [3.8, 4) is 0 Å². The minimum absolute atomic E-state index is 0.122. The van der Waals surface area contributed by atoms with Gasteiger partial charge in [-0.25, -0.2) is 4.98 Å². The lowest BCUT2D eigenvalue weighted by molar-refractivity contribution is 0.102. The molecule has 1 aromatic heterocycles. The first-order valence-electron chi connectivity index (χ1n) is 6.81. The Bertz CT molecular complexity index is 790. The lowest BCUT2D eigenvalue weighted by atomic mass is 10.1. The molecule has 0 amide bonds. The summed E-state index contributed by atoms with van der Waals surface area (Å²) in [5.74, 6) is 0.513. The third-order valence-corrected chi connectivity index (χ3v) is 4.20. The molecule has 0 aliphatic heterocycles. The van der Waals surface area contributed by atoms with E-state index >= 15 is 0 Å². The summed E-state index contributed by atoms with van der Waals surface area (Å²) >= 11 is 1.44. The second kappa shape index (κ2) is 5.74. The van der Waals surface area contributed by atoms with Crippen LogP contribution in [-0.4, -0.2) is 21.5 Å². The van der Waals surface area contributed by atoms with Crippen LogP contribution in [0, 0.1) is 13.8 Å². The minimum Gasteiger partial charge on any atom is -0.333 e. The number of nitrogens with zero attached hydrogens (tertiary/aromatic N) is 1. The molecule has 1 N–H and O–H groups in total. The fraction of sp³-hybridized carbons (Fsp3) is 0.176. The fourth-order valence-corrected chi connectivity index (χ4v) is 2.90. The summed E-state index contributed by atoms with van der Waals surface area (Å²) in [6.45, 7) is 4.06. The van der Waals surface area contributed by atoms with Crippen LogP contribution in [-0.2, 0) is 0 Å². The van der Waals surface area contributed by atoms with Crippen molar-refractivity contribution in [2.75, 3.05) is 5.75 Å². The summed E-state index contributed by atoms with van der Waals surface area (Å²) in [6, 6.07) is 13.8. The number of benzene rings is 2. The number of H-pyrrole nitrogens is 1. The smallest absolute Gasteiger partial charge is 0.173 e. The molecule has 0 bridgehead atoms. The van der Waals surface area contributed by atoms with Gasteiger partial charge in [0.2, 0.25) is 0 Å². The number of ketones is 1. The monoisotopic (exact) mass is 296 g/mol. The largest absolute Gasteiger partial charge is 0.333 e. The Hall–Kier alpha value is -2.07. The third kappa shape index (κ3) is 3.16. The average Bonchev–Trinajstić information content (AvgIpc) is 2.87. The first-order valence-corrected chi connectivity index (χ1v) is 7.79. The standard InChI is InChI=1S/C17H16N2OS/c1-11-3-6-13(7-4-11)16(20)10-21-17-18-14-8-5-12(2)9-15(14)19-17/h3-9H,10H2,1-2H3,(H,18,19). The summed E-state index contributed by atoms with van der Waals surface area (Å²) < 4.78 is 0. The predicted octanol–water partition coefficient (Wildman–Crippen LogP) is 4.15. The molecule has 3 rings (SSSR count). The van der Waals surface area contributed by atoms with Crippen molar-refractivity contribution in [1.29, 1.82) is 0 Å². The highest BCUT2D eigenvalue weighted by atomic mass is 32.2. The van der Waals surface area contributed by atoms with Gasteiger partial charge in [0.05, 0.1) is 16.8 Å². The van der Waals surface area contributed by atoms with Crippen LogP contribution < -0.4 is 0 Å². The van der Waals surface area contributed by atoms with Crippen molar-refractivity contribution in [3.63, 3.8) is 0 Å². The SMILES string of the molecule is Cc1ccc(C(=O)CSc2nc3ccc(C)cc3[nH]2)cc1. The molecule has 0 aliphatic rings. The van der Waals surface area contributed by atoms with Crippen molar-refractivity contribution < 1.29 is 4.79 Å². The quantitative estimate of drug-likeness (QED) is 0.581. The Labute approximate surface area is 127 Å². The van der Waals surface area contributed by atoms with Crippen LogP contribution in [0.2, 0.25) is 0 Å². The number of aryl methyl sites for hydroxylation is 2. The molecular weight excluding hydrogens is 280 g/mol. The van der Waals surface area contributed by atoms with Gasteiger partial charge in [0, 0.05) is 5.56 Å². The van der Waals surface area contributed by atoms with Crippen LogP contribution in [0.3, 0.4) is 0 Å². The molecule has 0 atom stereocenters. The summed E-state index contributed by atoms with van der Waals surface area (Å²) in [4.78, 5) is 19.9. The van der Waals surface area contributed by atoms with Gasteiger partial charge in [0.25, 0.3) is 0 Å². The number of thioether (sulfide) groups is 1. The molecule has 0 spiro atoms. The van der Waals surface area contributed by atoms with Crippen LogP contribution in [0.4, 0.5) is 0 Å². The summed E-state index contributed by atoms with van der Waals surface area (Å²) in [6.07, 6.45) is 0. The van der Waals surface area contributed by atoms with E-state index in [2.05, 4.69) is 16.0 Å². The maximum absolute atomic E-state index is 12.1. The Morgan fingerprint density at radius 1 is 1.10 bits per heavy atom. The Kier molecular flexibility index (Phi) is 3.80. The van der Waals surface area contributed by atoms with Crippen LogP contribution in [0.1, 0.15) is 21.5 Å². The number of hydrogen-bond donors (Lipinski definition) is 1. The van der Waals surface area contributed by atoms with Crippen molar-refractivity contribution in [2.45, 2.75) is 19.0 Å². The maximum atomic E-state index is 12.1. The molecule has 3 nitrogen and oxygen atoms in total. The van der Waals surface area contributed by atoms with E-state index in [1.165, 1.54) is 17.3 Å². The van der Waals surface area contributed by atoms with Gasteiger partial charge in [0.1, 0.15) is 0 Å². The number of carbonyl (C=O) groups excluding carboxylic acids is 1. The van der Waals surface area contributed by atoms with E-state index in [9.17, 15) is 4.79 Å². The second-order valence-electron chi connectivity index (χ2n) is 5.14. The molecular formula is C17H16N2OS. The van der Waals surface area contributed by atoms with Gasteiger partial charge in [-0.15, -0.1) is 0 Å². The fourth-order valence-electron chi connectivity index (χ4n) is 2.13. The van der Waals surface area contributed by atoms with Crippen LogP contribution in [0.5, 0.6) is 0 Å². The first-order chi connectivity index (χ1) is 10.1. The van der Waals surface area contributed by atoms with E-state index in [4.69, 9.17) is 0 Å². The van der Waals surface area contributed by atoms with Gasteiger partial charge in [-0.2, -0.15) is 0 Å². The number of hydrogen-bond acceptors (Lipinski definition) is 3. The first kappa shape index (κ1) is 13.9. The van der Waals surface area contributed by atoms with Crippen molar-refractivity contribution in [2.24, 2.45) is 0 Å². The summed E-state index contributed by atoms with van der Waals surface area (Å²) in [7, 11) is 0. The third-order valence-electron chi connectivity index (χ3n) is 3.33. The number of aromatic amines is 1. The van der Waals surface area contributed by atoms with E-state index in [-0.39, 0.29) is 5.78 Å². The molecule has 21 heavy (non-hydrogen) atoms. The van der Waals surface area contributed by atoms with E-state index in [1.807, 2.05) is 50.2 Å². The van der Waals surface area contributed by atoms with Crippen LogP contribution in [0.25, 0.3) is 11.0 Å². The topological polar surface area (TPSA) is 45.8 Å². The van der Waals surface area contributed by atoms with Crippen molar-refractivity contribution in [3.05, 3.63) is 59.2 Å². The van der Waals surface area contributed by atoms with Gasteiger partial charge in [-0.1, -0.05) is 47.7 Å². The zero-order valence-corrected chi connectivity index (χ0v) is 12.8. The molecule has 0 unspecified atom stereocenters. The molecule has 3 aromatic rings. The van der Waals surface area contributed by atoms with E-state index < -0.39 is 0 Å². The van der Waals surface area contributed by atoms with E-state index in [0.29, 0.717) is 5.75 Å². The van der Waals surface area contributed by atoms with Gasteiger partial charge in [-0.05, 0) is 31.5 Å². The Morgan fingerprint density at radius 3 is 2.57 bits per heavy atom. The van der Waals surface area contributed by atoms with Gasteiger partial charge in [0.15, 0.2) is 10.9 Å². The number of fused-ring (bicyclic) bond motifs is 1. The van der Waals surface area contributed by atoms with Crippen LogP contribution in [0.15, 0.2) is 47.6 Å². The number of nitrogens with one attached hydrogen (secondary N) is 1. The maximum Gasteiger partial charge on any atom is 0.173 e. The molecule has 0 aliphatic carbocycles. The Morgan fingerprint density at radius 2 is 1.81 bits per heavy atom. The molecule has 0 fully saturated rings. The zero-order valence-electron chi connectivity index (χ0n) is 12.0. The molecule has 2 aromatic carbocycles. The number of rotatable bonds is 4. The normalized spacial score (nSPS) is 11.0. The lowest BCUT2D eigenvalue weighted by Gasteiger charge is -2.00. The highest BCUT2D eigenvalue weighted by molar-refractivity contribution is 7.99. The van der Waals surface area contributed by atoms with Crippen molar-refractivity contribution >= 4 is 28.6 Å². The Balaban J connectivity index is 1.71. The highest BCUT2D eigenvalue weighted by Crippen LogP contribution is 2.21. The van der Waals surface area contributed by atoms with E-state index in [0.717, 1.165) is 27.3 Å². The molecule has 106 valence electrons. The molecule has 1 heterocycles. The number of Topliss-reactive ketones (excluding diaryl/α,β-unsaturated/α-hetero) is 1. The lowest BCUT2D eigenvalue weighted by Crippen LogP contribution is -2.02. The molecule has 4 heteroatoms. The number of carbonyl (C=O) groups is 1. The number of aromatic nitrogens is 2. The van der Waals surface area contributed by atoms with Crippen molar-refractivity contribution in [1.82, 2.24) is 9.97 Å². The van der Waals surface area contributed by atoms with Crippen LogP contribution >= 0.6 is 11.8 Å². The molecule has 0 radical (unpaired) electrons. The van der Waals surface area contributed by atoms with Gasteiger partial charge >= 0.3 is 0 Å². The minimum atomic E-state index is 0.122. The van der Waals surface area contributed by atoms with E-state index in [1.54, 1.807) is 0 Å². The van der Waals surface area contributed by atoms with Gasteiger partial charge in [-0.3, -0.25) is 4.79 Å². The second-order valence-corrected chi connectivity index (χ2v) is 6.10. The summed E-state index contributed by atoms with van der Waals surface area (Å²) in [5.41, 5.74) is 5.05. The average molecular weight is 296 g/mol. The predicted molar refractivity (Wildman–Crippen MR) is 87.1 cm³/mol.